The van der Waals surface area contributed by atoms with Gasteiger partial charge in [-0.15, -0.1) is 0 Å². The van der Waals surface area contributed by atoms with Crippen molar-refractivity contribution >= 4 is 29.0 Å². The Bertz CT molecular complexity index is 1670. The van der Waals surface area contributed by atoms with Gasteiger partial charge in [-0.2, -0.15) is 13.2 Å². The van der Waals surface area contributed by atoms with E-state index in [-0.39, 0.29) is 46.8 Å². The number of benzene rings is 1. The van der Waals surface area contributed by atoms with Gasteiger partial charge in [0.2, 0.25) is 5.91 Å². The van der Waals surface area contributed by atoms with Gasteiger partial charge in [0.1, 0.15) is 40.6 Å². The summed E-state index contributed by atoms with van der Waals surface area (Å²) in [6.07, 6.45) is 0.546. The number of amides is 2. The molecule has 14 heteroatoms. The van der Waals surface area contributed by atoms with Crippen molar-refractivity contribution in [1.82, 2.24) is 24.3 Å². The smallest absolute Gasteiger partial charge is 0.382 e. The Morgan fingerprint density at radius 2 is 1.90 bits per heavy atom. The summed E-state index contributed by atoms with van der Waals surface area (Å²) < 4.78 is 62.1. The zero-order valence-corrected chi connectivity index (χ0v) is 21.4. The Morgan fingerprint density at radius 3 is 2.63 bits per heavy atom. The number of hydrogen-bond acceptors (Lipinski definition) is 7. The maximum absolute atomic E-state index is 15.5. The van der Waals surface area contributed by atoms with Gasteiger partial charge >= 0.3 is 6.18 Å². The number of pyridine rings is 1. The molecule has 1 saturated carbocycles. The highest BCUT2D eigenvalue weighted by Crippen LogP contribution is 2.36. The minimum absolute atomic E-state index is 0.0175. The van der Waals surface area contributed by atoms with Gasteiger partial charge in [0.15, 0.2) is 0 Å². The first-order valence-corrected chi connectivity index (χ1v) is 12.8. The number of hydrogen-bond donors (Lipinski definition) is 2. The Labute approximate surface area is 230 Å². The maximum Gasteiger partial charge on any atom is 0.416 e. The molecule has 6 rings (SSSR count). The van der Waals surface area contributed by atoms with E-state index in [0.29, 0.717) is 30.6 Å². The summed E-state index contributed by atoms with van der Waals surface area (Å²) >= 11 is 0. The second kappa shape index (κ2) is 10.1. The fraction of sp³-hybridized carbons (Fsp3) is 0.296. The number of alkyl halides is 3. The van der Waals surface area contributed by atoms with Crippen LogP contribution in [-0.4, -0.2) is 55.8 Å². The first-order valence-electron chi connectivity index (χ1n) is 12.8. The largest absolute Gasteiger partial charge is 0.416 e. The third-order valence-electron chi connectivity index (χ3n) is 7.02. The Hall–Kier alpha value is -4.59. The molecular weight excluding hydrogens is 546 g/mol. The lowest BCUT2D eigenvalue weighted by Crippen LogP contribution is -2.43. The standard InChI is InChI=1S/C27H23F4N7O3/c28-18-11-15(25(39)35-20-12-16(5-6-33-20)27(29,30)31)3-4-17(18)21-22-23(32)34-7-8-38(22)24(36-21)19-13-37(9-10-41-19)26(40)14-1-2-14/h3-8,11-12,14,19H,1-2,9-10,13H2,(H2,32,34)(H,33,35,39)/t19-/m1/s1. The molecule has 2 amide bonds. The van der Waals surface area contributed by atoms with E-state index in [1.807, 2.05) is 0 Å². The van der Waals surface area contributed by atoms with Crippen LogP contribution in [0.25, 0.3) is 16.8 Å². The number of carbonyl (C=O) groups is 2. The maximum atomic E-state index is 15.5. The molecule has 2 fully saturated rings. The van der Waals surface area contributed by atoms with E-state index < -0.39 is 29.6 Å². The zero-order valence-electron chi connectivity index (χ0n) is 21.4. The number of imidazole rings is 1. The van der Waals surface area contributed by atoms with Gasteiger partial charge in [-0.1, -0.05) is 0 Å². The third kappa shape index (κ3) is 5.17. The van der Waals surface area contributed by atoms with Crippen molar-refractivity contribution in [3.63, 3.8) is 0 Å². The number of ether oxygens (including phenoxy) is 1. The monoisotopic (exact) mass is 569 g/mol. The average molecular weight is 570 g/mol. The minimum atomic E-state index is -4.62. The van der Waals surface area contributed by atoms with Crippen LogP contribution in [-0.2, 0) is 15.7 Å². The number of rotatable bonds is 5. The van der Waals surface area contributed by atoms with Crippen molar-refractivity contribution in [2.24, 2.45) is 5.92 Å². The molecule has 1 aromatic carbocycles. The predicted octanol–water partition coefficient (Wildman–Crippen LogP) is 4.09. The highest BCUT2D eigenvalue weighted by Gasteiger charge is 2.37. The van der Waals surface area contributed by atoms with Gasteiger partial charge in [0.25, 0.3) is 5.91 Å². The third-order valence-corrected chi connectivity index (χ3v) is 7.02. The molecule has 4 heterocycles. The van der Waals surface area contributed by atoms with Crippen LogP contribution >= 0.6 is 0 Å². The Balaban J connectivity index is 1.30. The van der Waals surface area contributed by atoms with E-state index in [9.17, 15) is 22.8 Å². The van der Waals surface area contributed by atoms with Crippen molar-refractivity contribution in [3.8, 4) is 11.3 Å². The quantitative estimate of drug-likeness (QED) is 0.347. The summed E-state index contributed by atoms with van der Waals surface area (Å²) in [7, 11) is 0. The summed E-state index contributed by atoms with van der Waals surface area (Å²) in [4.78, 5) is 39.6. The summed E-state index contributed by atoms with van der Waals surface area (Å²) in [5, 5.41) is 2.25. The molecule has 0 radical (unpaired) electrons. The summed E-state index contributed by atoms with van der Waals surface area (Å²) in [5.74, 6) is -1.38. The molecule has 0 bridgehead atoms. The van der Waals surface area contributed by atoms with Gasteiger partial charge < -0.3 is 20.7 Å². The molecule has 1 saturated heterocycles. The number of nitrogen functional groups attached to an aromatic ring is 1. The zero-order chi connectivity index (χ0) is 28.9. The van der Waals surface area contributed by atoms with Crippen molar-refractivity contribution < 1.29 is 31.9 Å². The Kier molecular flexibility index (Phi) is 6.56. The van der Waals surface area contributed by atoms with Crippen molar-refractivity contribution in [3.05, 3.63) is 71.7 Å². The highest BCUT2D eigenvalue weighted by atomic mass is 19.4. The summed E-state index contributed by atoms with van der Waals surface area (Å²) in [6.45, 7) is 1.06. The number of fused-ring (bicyclic) bond motifs is 1. The van der Waals surface area contributed by atoms with Crippen LogP contribution in [0, 0.1) is 11.7 Å². The van der Waals surface area contributed by atoms with Crippen molar-refractivity contribution in [1.29, 1.82) is 0 Å². The Morgan fingerprint density at radius 1 is 1.10 bits per heavy atom. The molecule has 4 aromatic rings. The number of morpholine rings is 1. The molecule has 212 valence electrons. The fourth-order valence-corrected chi connectivity index (χ4v) is 4.81. The lowest BCUT2D eigenvalue weighted by Gasteiger charge is -2.32. The molecule has 2 aliphatic rings. The van der Waals surface area contributed by atoms with Gasteiger partial charge in [-0.25, -0.2) is 19.3 Å². The van der Waals surface area contributed by atoms with Crippen molar-refractivity contribution in [2.75, 3.05) is 30.7 Å². The molecule has 1 aliphatic carbocycles. The van der Waals surface area contributed by atoms with Crippen LogP contribution in [0.2, 0.25) is 0 Å². The molecule has 10 nitrogen and oxygen atoms in total. The molecule has 0 unspecified atom stereocenters. The second-order valence-electron chi connectivity index (χ2n) is 9.84. The minimum Gasteiger partial charge on any atom is -0.382 e. The molecule has 1 aliphatic heterocycles. The number of nitrogens with one attached hydrogen (secondary N) is 1. The molecule has 0 spiro atoms. The average Bonchev–Trinajstić information content (AvgIpc) is 3.73. The van der Waals surface area contributed by atoms with Crippen molar-refractivity contribution in [2.45, 2.75) is 25.1 Å². The van der Waals surface area contributed by atoms with E-state index in [2.05, 4.69) is 20.3 Å². The normalized spacial score (nSPS) is 17.6. The first-order chi connectivity index (χ1) is 19.6. The van der Waals surface area contributed by atoms with E-state index in [1.165, 1.54) is 18.3 Å². The fourth-order valence-electron chi connectivity index (χ4n) is 4.81. The van der Waals surface area contributed by atoms with E-state index in [0.717, 1.165) is 31.2 Å². The van der Waals surface area contributed by atoms with Crippen LogP contribution < -0.4 is 11.1 Å². The summed E-state index contributed by atoms with van der Waals surface area (Å²) in [6, 6.07) is 5.04. The second-order valence-corrected chi connectivity index (χ2v) is 9.84. The predicted molar refractivity (Wildman–Crippen MR) is 138 cm³/mol. The first kappa shape index (κ1) is 26.6. The van der Waals surface area contributed by atoms with Gasteiger partial charge in [0, 0.05) is 42.2 Å². The lowest BCUT2D eigenvalue weighted by molar-refractivity contribution is -0.140. The van der Waals surface area contributed by atoms with Crippen LogP contribution in [0.1, 0.15) is 40.7 Å². The van der Waals surface area contributed by atoms with Gasteiger partial charge in [-0.05, 0) is 43.2 Å². The molecule has 3 N–H and O–H groups in total. The molecular formula is C27H23F4N7O3. The lowest BCUT2D eigenvalue weighted by atomic mass is 10.1. The molecule has 41 heavy (non-hydrogen) atoms. The number of nitrogens with zero attached hydrogens (tertiary/aromatic N) is 5. The summed E-state index contributed by atoms with van der Waals surface area (Å²) in [5.41, 5.74) is 5.53. The molecule has 1 atom stereocenters. The number of aromatic nitrogens is 4. The van der Waals surface area contributed by atoms with E-state index in [4.69, 9.17) is 10.5 Å². The van der Waals surface area contributed by atoms with E-state index >= 15 is 4.39 Å². The number of anilines is 2. The highest BCUT2D eigenvalue weighted by molar-refractivity contribution is 6.04. The van der Waals surface area contributed by atoms with E-state index in [1.54, 1.807) is 15.5 Å². The van der Waals surface area contributed by atoms with Crippen LogP contribution in [0.4, 0.5) is 29.2 Å². The van der Waals surface area contributed by atoms with Gasteiger partial charge in [-0.3, -0.25) is 14.0 Å². The van der Waals surface area contributed by atoms with Gasteiger partial charge in [0.05, 0.1) is 18.7 Å². The van der Waals surface area contributed by atoms with Crippen LogP contribution in [0.3, 0.4) is 0 Å². The number of halogens is 4. The topological polar surface area (TPSA) is 128 Å². The number of nitrogens with two attached hydrogens (primary N) is 1. The van der Waals surface area contributed by atoms with Crippen LogP contribution in [0.15, 0.2) is 48.9 Å². The molecule has 3 aromatic heterocycles. The van der Waals surface area contributed by atoms with Crippen LogP contribution in [0.5, 0.6) is 0 Å². The SMILES string of the molecule is Nc1nccn2c([C@H]3CN(C(=O)C4CC4)CCO3)nc(-c3ccc(C(=O)Nc4cc(C(F)(F)F)ccn4)cc3F)c12. The number of carbonyl (C=O) groups excluding carboxylic acids is 2.